The van der Waals surface area contributed by atoms with Crippen molar-refractivity contribution >= 4 is 23.6 Å². The van der Waals surface area contributed by atoms with E-state index in [0.29, 0.717) is 12.2 Å². The maximum Gasteiger partial charge on any atom is 0.569 e. The molecule has 1 N–H and O–H groups in total. The number of hydrogen-bond donors (Lipinski definition) is 1. The summed E-state index contributed by atoms with van der Waals surface area (Å²) in [6.45, 7) is 0. The minimum absolute atomic E-state index is 0.0122. The van der Waals surface area contributed by atoms with Gasteiger partial charge in [0.15, 0.2) is 5.82 Å². The average molecular weight is 218 g/mol. The third-order valence-corrected chi connectivity index (χ3v) is 1.71. The molecule has 1 radical (unpaired) electrons. The van der Waals surface area contributed by atoms with Gasteiger partial charge in [-0.3, -0.25) is 0 Å². The van der Waals surface area contributed by atoms with Crippen LogP contribution in [-0.4, -0.2) is 12.7 Å². The Hall–Kier alpha value is -0.545. The standard InChI is InChI=1S/C6H4BBrFO2/c8-4-2-1-3-5(6(4)9)11-7-10/h1-3,10H. The summed E-state index contributed by atoms with van der Waals surface area (Å²) in [5, 5.41) is 8.21. The molecule has 0 aliphatic heterocycles. The largest absolute Gasteiger partial charge is 0.569 e. The topological polar surface area (TPSA) is 29.5 Å². The Balaban J connectivity index is 2.96. The molecule has 0 bridgehead atoms. The average Bonchev–Trinajstić information content (AvgIpc) is 1.99. The molecule has 1 aromatic rings. The van der Waals surface area contributed by atoms with E-state index in [2.05, 4.69) is 20.6 Å². The Bertz CT molecular complexity index is 256. The quantitative estimate of drug-likeness (QED) is 0.761. The summed E-state index contributed by atoms with van der Waals surface area (Å²) in [6.07, 6.45) is 0. The summed E-state index contributed by atoms with van der Waals surface area (Å²) in [5.74, 6) is -0.542. The van der Waals surface area contributed by atoms with Crippen molar-refractivity contribution in [3.05, 3.63) is 28.5 Å². The molecule has 0 spiro atoms. The lowest BCUT2D eigenvalue weighted by molar-refractivity contribution is 0.430. The van der Waals surface area contributed by atoms with Gasteiger partial charge < -0.3 is 9.68 Å². The van der Waals surface area contributed by atoms with Gasteiger partial charge in [0.1, 0.15) is 5.75 Å². The van der Waals surface area contributed by atoms with Gasteiger partial charge in [0.05, 0.1) is 4.47 Å². The zero-order chi connectivity index (χ0) is 8.27. The maximum atomic E-state index is 12.9. The number of rotatable bonds is 2. The van der Waals surface area contributed by atoms with Crippen LogP contribution in [0, 0.1) is 5.82 Å². The fraction of sp³-hybridized carbons (Fsp3) is 0. The van der Waals surface area contributed by atoms with Gasteiger partial charge in [-0.15, -0.1) is 0 Å². The highest BCUT2D eigenvalue weighted by molar-refractivity contribution is 9.10. The van der Waals surface area contributed by atoms with E-state index >= 15 is 0 Å². The summed E-state index contributed by atoms with van der Waals surface area (Å²) in [7, 11) is 0.435. The molecule has 5 heteroatoms. The third kappa shape index (κ3) is 1.94. The Morgan fingerprint density at radius 3 is 2.91 bits per heavy atom. The summed E-state index contributed by atoms with van der Waals surface area (Å²) in [4.78, 5) is 0. The molecular weight excluding hydrogens is 214 g/mol. The second-order valence-electron chi connectivity index (χ2n) is 1.78. The van der Waals surface area contributed by atoms with Gasteiger partial charge in [0.2, 0.25) is 0 Å². The van der Waals surface area contributed by atoms with Crippen LogP contribution in [0.1, 0.15) is 0 Å². The Morgan fingerprint density at radius 2 is 2.27 bits per heavy atom. The van der Waals surface area contributed by atoms with Crippen LogP contribution in [0.3, 0.4) is 0 Å². The zero-order valence-electron chi connectivity index (χ0n) is 5.42. The second-order valence-corrected chi connectivity index (χ2v) is 2.63. The Labute approximate surface area is 72.4 Å². The SMILES string of the molecule is O[B]Oc1cccc(Br)c1F. The van der Waals surface area contributed by atoms with Crippen LogP contribution < -0.4 is 4.65 Å². The van der Waals surface area contributed by atoms with Gasteiger partial charge in [0, 0.05) is 0 Å². The molecule has 0 amide bonds. The van der Waals surface area contributed by atoms with Crippen LogP contribution in [0.15, 0.2) is 22.7 Å². The lowest BCUT2D eigenvalue weighted by Gasteiger charge is -2.02. The maximum absolute atomic E-state index is 12.9. The first-order valence-corrected chi connectivity index (χ1v) is 3.61. The lowest BCUT2D eigenvalue weighted by Crippen LogP contribution is -2.01. The molecule has 11 heavy (non-hydrogen) atoms. The Kier molecular flexibility index (Phi) is 2.90. The van der Waals surface area contributed by atoms with Gasteiger partial charge >= 0.3 is 7.69 Å². The molecule has 0 fully saturated rings. The molecule has 0 unspecified atom stereocenters. The van der Waals surface area contributed by atoms with E-state index in [-0.39, 0.29) is 5.75 Å². The summed E-state index contributed by atoms with van der Waals surface area (Å²) in [5.41, 5.74) is 0. The van der Waals surface area contributed by atoms with Crippen LogP contribution in [0.5, 0.6) is 5.75 Å². The molecule has 0 aromatic heterocycles. The van der Waals surface area contributed by atoms with Crippen LogP contribution in [0.2, 0.25) is 0 Å². The molecule has 1 aromatic carbocycles. The first-order chi connectivity index (χ1) is 5.25. The normalized spacial score (nSPS) is 9.36. The number of hydrogen-bond acceptors (Lipinski definition) is 2. The van der Waals surface area contributed by atoms with Gasteiger partial charge in [-0.25, -0.2) is 4.39 Å². The van der Waals surface area contributed by atoms with Crippen molar-refractivity contribution in [3.8, 4) is 5.75 Å². The predicted octanol–water partition coefficient (Wildman–Crippen LogP) is 1.49. The molecule has 0 heterocycles. The molecule has 0 aliphatic rings. The highest BCUT2D eigenvalue weighted by atomic mass is 79.9. The van der Waals surface area contributed by atoms with E-state index < -0.39 is 5.82 Å². The highest BCUT2D eigenvalue weighted by Gasteiger charge is 2.05. The van der Waals surface area contributed by atoms with Crippen LogP contribution in [0.25, 0.3) is 0 Å². The molecule has 0 atom stereocenters. The predicted molar refractivity (Wildman–Crippen MR) is 42.7 cm³/mol. The molecular formula is C6H4BBrFO2. The zero-order valence-corrected chi connectivity index (χ0v) is 7.01. The monoisotopic (exact) mass is 217 g/mol. The molecule has 1 rings (SSSR count). The first kappa shape index (κ1) is 8.55. The van der Waals surface area contributed by atoms with Crippen molar-refractivity contribution in [1.29, 1.82) is 0 Å². The lowest BCUT2D eigenvalue weighted by atomic mass is 10.3. The van der Waals surface area contributed by atoms with Gasteiger partial charge in [0.25, 0.3) is 0 Å². The first-order valence-electron chi connectivity index (χ1n) is 2.82. The minimum Gasteiger partial charge on any atom is -0.535 e. The van der Waals surface area contributed by atoms with Gasteiger partial charge in [-0.05, 0) is 28.1 Å². The summed E-state index contributed by atoms with van der Waals surface area (Å²) < 4.78 is 17.6. The van der Waals surface area contributed by atoms with Crippen molar-refractivity contribution < 1.29 is 14.1 Å². The van der Waals surface area contributed by atoms with Crippen molar-refractivity contribution in [3.63, 3.8) is 0 Å². The third-order valence-electron chi connectivity index (χ3n) is 1.10. The van der Waals surface area contributed by atoms with Crippen LogP contribution in [-0.2, 0) is 0 Å². The van der Waals surface area contributed by atoms with E-state index in [1.54, 1.807) is 12.1 Å². The van der Waals surface area contributed by atoms with Crippen molar-refractivity contribution in [1.82, 2.24) is 0 Å². The van der Waals surface area contributed by atoms with E-state index in [0.717, 1.165) is 0 Å². The van der Waals surface area contributed by atoms with E-state index in [1.165, 1.54) is 6.07 Å². The smallest absolute Gasteiger partial charge is 0.535 e. The second kappa shape index (κ2) is 3.73. The van der Waals surface area contributed by atoms with Crippen molar-refractivity contribution in [2.45, 2.75) is 0 Å². The molecule has 0 saturated heterocycles. The van der Waals surface area contributed by atoms with Crippen molar-refractivity contribution in [2.75, 3.05) is 0 Å². The highest BCUT2D eigenvalue weighted by Crippen LogP contribution is 2.23. The van der Waals surface area contributed by atoms with E-state index in [4.69, 9.17) is 5.02 Å². The van der Waals surface area contributed by atoms with Gasteiger partial charge in [-0.1, -0.05) is 6.07 Å². The molecule has 2 nitrogen and oxygen atoms in total. The van der Waals surface area contributed by atoms with Crippen LogP contribution >= 0.6 is 15.9 Å². The number of halogens is 2. The fourth-order valence-corrected chi connectivity index (χ4v) is 0.980. The Morgan fingerprint density at radius 1 is 1.55 bits per heavy atom. The molecule has 57 valence electrons. The summed E-state index contributed by atoms with van der Waals surface area (Å²) in [6, 6.07) is 4.55. The molecule has 0 saturated carbocycles. The number of benzene rings is 1. The molecule has 0 aliphatic carbocycles. The van der Waals surface area contributed by atoms with Crippen molar-refractivity contribution in [2.24, 2.45) is 0 Å². The fourth-order valence-electron chi connectivity index (χ4n) is 0.632. The van der Waals surface area contributed by atoms with Crippen LogP contribution in [0.4, 0.5) is 4.39 Å². The van der Waals surface area contributed by atoms with Gasteiger partial charge in [-0.2, -0.15) is 0 Å². The van der Waals surface area contributed by atoms with E-state index in [9.17, 15) is 4.39 Å². The summed E-state index contributed by atoms with van der Waals surface area (Å²) >= 11 is 2.97. The van der Waals surface area contributed by atoms with E-state index in [1.807, 2.05) is 0 Å². The minimum atomic E-state index is -0.530.